The average molecular weight is 337 g/mol. The van der Waals surface area contributed by atoms with Crippen molar-refractivity contribution in [1.82, 2.24) is 24.5 Å². The maximum Gasteiger partial charge on any atom is 0.212 e. The van der Waals surface area contributed by atoms with E-state index in [0.717, 1.165) is 11.8 Å². The highest BCUT2D eigenvalue weighted by Gasteiger charge is 2.42. The van der Waals surface area contributed by atoms with E-state index in [4.69, 9.17) is 0 Å². The summed E-state index contributed by atoms with van der Waals surface area (Å²) < 4.78 is 27.2. The molecule has 0 amide bonds. The van der Waals surface area contributed by atoms with E-state index in [-0.39, 0.29) is 6.61 Å². The quantitative estimate of drug-likeness (QED) is 0.835. The number of benzene rings is 1. The lowest BCUT2D eigenvalue weighted by atomic mass is 10.2. The Bertz CT molecular complexity index is 762. The third-order valence-corrected chi connectivity index (χ3v) is 5.39. The van der Waals surface area contributed by atoms with Crippen LogP contribution in [0.5, 0.6) is 0 Å². The van der Waals surface area contributed by atoms with Gasteiger partial charge in [-0.1, -0.05) is 30.3 Å². The number of sulfonamides is 1. The Kier molecular flexibility index (Phi) is 4.42. The number of tetrazole rings is 1. The first-order valence-electron chi connectivity index (χ1n) is 7.40. The van der Waals surface area contributed by atoms with Gasteiger partial charge in [0, 0.05) is 6.04 Å². The first-order valence-corrected chi connectivity index (χ1v) is 9.25. The molecule has 0 unspecified atom stereocenters. The van der Waals surface area contributed by atoms with Gasteiger partial charge in [-0.25, -0.2) is 13.1 Å². The number of hydrogen-bond acceptors (Lipinski definition) is 6. The van der Waals surface area contributed by atoms with Crippen LogP contribution >= 0.6 is 0 Å². The Morgan fingerprint density at radius 3 is 2.65 bits per heavy atom. The highest BCUT2D eigenvalue weighted by atomic mass is 32.2. The van der Waals surface area contributed by atoms with Gasteiger partial charge < -0.3 is 5.11 Å². The molecule has 3 rings (SSSR count). The molecule has 0 saturated carbocycles. The molecule has 0 bridgehead atoms. The molecule has 9 heteroatoms. The minimum Gasteiger partial charge on any atom is -0.395 e. The summed E-state index contributed by atoms with van der Waals surface area (Å²) in [7, 11) is -3.46. The van der Waals surface area contributed by atoms with Gasteiger partial charge in [0.2, 0.25) is 10.0 Å². The molecule has 1 N–H and O–H groups in total. The second kappa shape index (κ2) is 6.34. The van der Waals surface area contributed by atoms with Gasteiger partial charge in [0.25, 0.3) is 0 Å². The molecule has 23 heavy (non-hydrogen) atoms. The zero-order chi connectivity index (χ0) is 16.4. The number of nitrogens with zero attached hydrogens (tertiary/aromatic N) is 5. The van der Waals surface area contributed by atoms with Crippen molar-refractivity contribution in [1.29, 1.82) is 0 Å². The van der Waals surface area contributed by atoms with E-state index in [1.165, 1.54) is 4.31 Å². The summed E-state index contributed by atoms with van der Waals surface area (Å²) in [6.45, 7) is 0.269. The molecule has 0 radical (unpaired) electrons. The first-order chi connectivity index (χ1) is 11.0. The van der Waals surface area contributed by atoms with E-state index < -0.39 is 22.1 Å². The second-order valence-electron chi connectivity index (χ2n) is 5.70. The summed E-state index contributed by atoms with van der Waals surface area (Å²) in [6, 6.07) is 8.85. The number of aliphatic hydroxyl groups is 1. The Labute approximate surface area is 134 Å². The van der Waals surface area contributed by atoms with Gasteiger partial charge in [0.1, 0.15) is 0 Å². The van der Waals surface area contributed by atoms with Gasteiger partial charge in [0.15, 0.2) is 5.82 Å². The topological polar surface area (TPSA) is 101 Å². The monoisotopic (exact) mass is 337 g/mol. The van der Waals surface area contributed by atoms with Gasteiger partial charge in [-0.05, 0) is 28.8 Å². The molecule has 2 atom stereocenters. The zero-order valence-electron chi connectivity index (χ0n) is 12.8. The molecule has 124 valence electrons. The van der Waals surface area contributed by atoms with Crippen LogP contribution in [0.3, 0.4) is 0 Å². The number of aromatic nitrogens is 4. The summed E-state index contributed by atoms with van der Waals surface area (Å²) in [5.74, 6) is 0.509. The van der Waals surface area contributed by atoms with Crippen molar-refractivity contribution in [3.8, 4) is 0 Å². The summed E-state index contributed by atoms with van der Waals surface area (Å²) in [5, 5.41) is 21.2. The third-order valence-electron chi connectivity index (χ3n) is 4.07. The normalized spacial score (nSPS) is 22.5. The highest BCUT2D eigenvalue weighted by Crippen LogP contribution is 2.36. The standard InChI is InChI=1S/C14H19N5O3S/c1-23(21,22)19-12(10-20)7-8-13(19)14-15-16-17-18(14)9-11-5-3-2-4-6-11/h2-6,12-13,20H,7-10H2,1H3/t12-,13-/m0/s1. The first kappa shape index (κ1) is 16.0. The second-order valence-corrected chi connectivity index (χ2v) is 7.59. The maximum atomic E-state index is 12.1. The van der Waals surface area contributed by atoms with E-state index in [0.29, 0.717) is 25.2 Å². The lowest BCUT2D eigenvalue weighted by Gasteiger charge is -2.26. The van der Waals surface area contributed by atoms with E-state index in [1.54, 1.807) is 4.68 Å². The smallest absolute Gasteiger partial charge is 0.212 e. The van der Waals surface area contributed by atoms with Crippen LogP contribution in [0, 0.1) is 0 Å². The van der Waals surface area contributed by atoms with Crippen molar-refractivity contribution in [3.63, 3.8) is 0 Å². The average Bonchev–Trinajstić information content (AvgIpc) is 3.13. The predicted octanol–water partition coefficient (Wildman–Crippen LogP) is 0.179. The van der Waals surface area contributed by atoms with E-state index >= 15 is 0 Å². The molecule has 8 nitrogen and oxygen atoms in total. The van der Waals surface area contributed by atoms with Crippen molar-refractivity contribution in [2.75, 3.05) is 12.9 Å². The summed E-state index contributed by atoms with van der Waals surface area (Å²) >= 11 is 0. The summed E-state index contributed by atoms with van der Waals surface area (Å²) in [6.07, 6.45) is 2.33. The van der Waals surface area contributed by atoms with Crippen molar-refractivity contribution < 1.29 is 13.5 Å². The molecule has 1 aliphatic rings. The fourth-order valence-corrected chi connectivity index (χ4v) is 4.47. The minimum atomic E-state index is -3.46. The third kappa shape index (κ3) is 3.26. The number of aliphatic hydroxyl groups excluding tert-OH is 1. The fraction of sp³-hybridized carbons (Fsp3) is 0.500. The Hall–Kier alpha value is -1.84. The van der Waals surface area contributed by atoms with Crippen LogP contribution in [0.15, 0.2) is 30.3 Å². The van der Waals surface area contributed by atoms with Gasteiger partial charge in [-0.3, -0.25) is 0 Å². The van der Waals surface area contributed by atoms with Crippen molar-refractivity contribution >= 4 is 10.0 Å². The molecule has 1 aromatic heterocycles. The zero-order valence-corrected chi connectivity index (χ0v) is 13.6. The van der Waals surface area contributed by atoms with E-state index in [1.807, 2.05) is 30.3 Å². The highest BCUT2D eigenvalue weighted by molar-refractivity contribution is 7.88. The molecule has 0 spiro atoms. The SMILES string of the molecule is CS(=O)(=O)N1[C@H](CO)CC[C@H]1c1nnnn1Cc1ccccc1. The van der Waals surface area contributed by atoms with Crippen molar-refractivity contribution in [2.24, 2.45) is 0 Å². The molecular formula is C14H19N5O3S. The van der Waals surface area contributed by atoms with Crippen molar-refractivity contribution in [3.05, 3.63) is 41.7 Å². The van der Waals surface area contributed by atoms with Crippen LogP contribution in [0.25, 0.3) is 0 Å². The molecule has 1 aliphatic heterocycles. The largest absolute Gasteiger partial charge is 0.395 e. The lowest BCUT2D eigenvalue weighted by molar-refractivity contribution is 0.195. The molecule has 1 saturated heterocycles. The van der Waals surface area contributed by atoms with Gasteiger partial charge >= 0.3 is 0 Å². The van der Waals surface area contributed by atoms with Crippen LogP contribution in [-0.2, 0) is 16.6 Å². The molecule has 1 aromatic carbocycles. The van der Waals surface area contributed by atoms with Crippen LogP contribution in [-0.4, -0.2) is 56.9 Å². The molecule has 2 aromatic rings. The number of rotatable bonds is 5. The van der Waals surface area contributed by atoms with Crippen molar-refractivity contribution in [2.45, 2.75) is 31.5 Å². The van der Waals surface area contributed by atoms with Crippen LogP contribution in [0.1, 0.15) is 30.3 Å². The van der Waals surface area contributed by atoms with Crippen LogP contribution in [0.2, 0.25) is 0 Å². The van der Waals surface area contributed by atoms with Crippen LogP contribution < -0.4 is 0 Å². The molecular weight excluding hydrogens is 318 g/mol. The maximum absolute atomic E-state index is 12.1. The Balaban J connectivity index is 1.92. The molecule has 0 aliphatic carbocycles. The fourth-order valence-electron chi connectivity index (χ4n) is 3.09. The summed E-state index contributed by atoms with van der Waals surface area (Å²) in [4.78, 5) is 0. The van der Waals surface area contributed by atoms with Gasteiger partial charge in [-0.2, -0.15) is 4.31 Å². The van der Waals surface area contributed by atoms with E-state index in [2.05, 4.69) is 15.5 Å². The summed E-state index contributed by atoms with van der Waals surface area (Å²) in [5.41, 5.74) is 1.03. The van der Waals surface area contributed by atoms with Gasteiger partial charge in [-0.15, -0.1) is 5.10 Å². The van der Waals surface area contributed by atoms with E-state index in [9.17, 15) is 13.5 Å². The Morgan fingerprint density at radius 2 is 2.00 bits per heavy atom. The molecule has 2 heterocycles. The number of hydrogen-bond donors (Lipinski definition) is 1. The Morgan fingerprint density at radius 1 is 1.26 bits per heavy atom. The molecule has 1 fully saturated rings. The van der Waals surface area contributed by atoms with Crippen LogP contribution in [0.4, 0.5) is 0 Å². The minimum absolute atomic E-state index is 0.205. The lowest BCUT2D eigenvalue weighted by Crippen LogP contribution is -2.39. The van der Waals surface area contributed by atoms with Gasteiger partial charge in [0.05, 0.1) is 25.4 Å². The predicted molar refractivity (Wildman–Crippen MR) is 82.9 cm³/mol.